The van der Waals surface area contributed by atoms with Crippen LogP contribution in [0.15, 0.2) is 18.2 Å². The maximum absolute atomic E-state index is 9.86. The van der Waals surface area contributed by atoms with E-state index in [1.165, 1.54) is 0 Å². The number of imidazole rings is 1. The Kier molecular flexibility index (Phi) is 2.26. The van der Waals surface area contributed by atoms with Gasteiger partial charge in [-0.3, -0.25) is 4.40 Å². The zero-order valence-electron chi connectivity index (χ0n) is 8.65. The highest BCUT2D eigenvalue weighted by molar-refractivity contribution is 6.32. The Morgan fingerprint density at radius 2 is 2.38 bits per heavy atom. The summed E-state index contributed by atoms with van der Waals surface area (Å²) in [5.41, 5.74) is 0.755. The van der Waals surface area contributed by atoms with Crippen LogP contribution in [0.3, 0.4) is 0 Å². The first-order valence-electron chi connectivity index (χ1n) is 5.36. The van der Waals surface area contributed by atoms with Crippen molar-refractivity contribution in [2.45, 2.75) is 18.9 Å². The lowest BCUT2D eigenvalue weighted by Gasteiger charge is -2.09. The number of hydrogen-bond acceptors (Lipinski definition) is 3. The van der Waals surface area contributed by atoms with Crippen molar-refractivity contribution < 1.29 is 5.11 Å². The minimum Gasteiger partial charge on any atom is -0.494 e. The van der Waals surface area contributed by atoms with Crippen LogP contribution in [-0.4, -0.2) is 21.0 Å². The summed E-state index contributed by atoms with van der Waals surface area (Å²) in [5.74, 6) is 0.983. The van der Waals surface area contributed by atoms with E-state index in [0.29, 0.717) is 5.15 Å². The molecule has 1 fully saturated rings. The number of aromatic nitrogens is 2. The minimum absolute atomic E-state index is 0.181. The number of halogens is 1. The quantitative estimate of drug-likeness (QED) is 0.799. The van der Waals surface area contributed by atoms with Gasteiger partial charge in [0.05, 0.1) is 11.6 Å². The Morgan fingerprint density at radius 3 is 3.12 bits per heavy atom. The fraction of sp³-hybridized carbons (Fsp3) is 0.364. The summed E-state index contributed by atoms with van der Waals surface area (Å²) in [6.07, 6.45) is 2.16. The second kappa shape index (κ2) is 3.64. The monoisotopic (exact) mass is 237 g/mol. The molecular formula is C11H12ClN3O. The molecule has 2 N–H and O–H groups in total. The molecule has 84 valence electrons. The van der Waals surface area contributed by atoms with Crippen LogP contribution in [0.5, 0.6) is 5.88 Å². The van der Waals surface area contributed by atoms with E-state index in [0.717, 1.165) is 30.7 Å². The summed E-state index contributed by atoms with van der Waals surface area (Å²) in [5, 5.41) is 13.7. The van der Waals surface area contributed by atoms with Gasteiger partial charge in [-0.2, -0.15) is 0 Å². The second-order valence-electron chi connectivity index (χ2n) is 4.01. The number of nitrogens with zero attached hydrogens (tertiary/aromatic N) is 2. The molecule has 1 saturated heterocycles. The topological polar surface area (TPSA) is 49.6 Å². The van der Waals surface area contributed by atoms with E-state index >= 15 is 0 Å². The Labute approximate surface area is 97.9 Å². The predicted molar refractivity (Wildman–Crippen MR) is 61.8 cm³/mol. The van der Waals surface area contributed by atoms with Crippen LogP contribution in [0.25, 0.3) is 5.52 Å². The molecule has 3 rings (SSSR count). The van der Waals surface area contributed by atoms with Crippen molar-refractivity contribution in [2.75, 3.05) is 6.54 Å². The Balaban J connectivity index is 2.24. The first-order chi connectivity index (χ1) is 7.77. The molecule has 2 aromatic heterocycles. The van der Waals surface area contributed by atoms with Crippen LogP contribution in [-0.2, 0) is 0 Å². The van der Waals surface area contributed by atoms with Crippen LogP contribution in [0, 0.1) is 0 Å². The van der Waals surface area contributed by atoms with Crippen molar-refractivity contribution in [3.63, 3.8) is 0 Å². The molecule has 0 spiro atoms. The van der Waals surface area contributed by atoms with Gasteiger partial charge in [0, 0.05) is 0 Å². The SMILES string of the molecule is Oc1cccc2c(Cl)nc(C3CCCN3)n12. The number of aromatic hydroxyl groups is 1. The summed E-state index contributed by atoms with van der Waals surface area (Å²) >= 11 is 6.06. The molecule has 4 nitrogen and oxygen atoms in total. The van der Waals surface area contributed by atoms with E-state index < -0.39 is 0 Å². The van der Waals surface area contributed by atoms with Crippen molar-refractivity contribution in [1.29, 1.82) is 0 Å². The van der Waals surface area contributed by atoms with Gasteiger partial charge in [-0.05, 0) is 31.5 Å². The van der Waals surface area contributed by atoms with Gasteiger partial charge in [0.1, 0.15) is 5.82 Å². The number of fused-ring (bicyclic) bond motifs is 1. The molecule has 3 heterocycles. The number of pyridine rings is 1. The standard InChI is InChI=1S/C11H12ClN3O/c12-10-8-4-1-5-9(16)15(8)11(14-10)7-3-2-6-13-7/h1,4-5,7,13,16H,2-3,6H2. The van der Waals surface area contributed by atoms with Crippen LogP contribution in [0.2, 0.25) is 5.15 Å². The number of rotatable bonds is 1. The first-order valence-corrected chi connectivity index (χ1v) is 5.74. The number of hydrogen-bond donors (Lipinski definition) is 2. The van der Waals surface area contributed by atoms with Gasteiger partial charge in [0.25, 0.3) is 0 Å². The van der Waals surface area contributed by atoms with Crippen LogP contribution < -0.4 is 5.32 Å². The van der Waals surface area contributed by atoms with Gasteiger partial charge in [-0.1, -0.05) is 17.7 Å². The van der Waals surface area contributed by atoms with E-state index in [2.05, 4.69) is 10.3 Å². The molecule has 0 aromatic carbocycles. The lowest BCUT2D eigenvalue weighted by molar-refractivity contribution is 0.437. The van der Waals surface area contributed by atoms with Gasteiger partial charge in [-0.25, -0.2) is 4.98 Å². The lowest BCUT2D eigenvalue weighted by Crippen LogP contribution is -2.15. The molecule has 1 aliphatic rings. The fourth-order valence-corrected chi connectivity index (χ4v) is 2.48. The number of nitrogens with one attached hydrogen (secondary N) is 1. The summed E-state index contributed by atoms with van der Waals surface area (Å²) in [6.45, 7) is 0.991. The van der Waals surface area contributed by atoms with E-state index in [1.807, 2.05) is 6.07 Å². The van der Waals surface area contributed by atoms with Gasteiger partial charge in [-0.15, -0.1) is 0 Å². The third-order valence-corrected chi connectivity index (χ3v) is 3.27. The van der Waals surface area contributed by atoms with Crippen molar-refractivity contribution in [2.24, 2.45) is 0 Å². The highest BCUT2D eigenvalue weighted by atomic mass is 35.5. The zero-order chi connectivity index (χ0) is 11.1. The molecule has 0 amide bonds. The Morgan fingerprint density at radius 1 is 1.50 bits per heavy atom. The van der Waals surface area contributed by atoms with Gasteiger partial charge in [0.2, 0.25) is 0 Å². The summed E-state index contributed by atoms with van der Waals surface area (Å²) in [4.78, 5) is 4.34. The average molecular weight is 238 g/mol. The third-order valence-electron chi connectivity index (χ3n) is 2.99. The maximum atomic E-state index is 9.86. The van der Waals surface area contributed by atoms with E-state index in [1.54, 1.807) is 16.5 Å². The largest absolute Gasteiger partial charge is 0.494 e. The van der Waals surface area contributed by atoms with Crippen molar-refractivity contribution >= 4 is 17.1 Å². The van der Waals surface area contributed by atoms with Crippen LogP contribution in [0.1, 0.15) is 24.7 Å². The van der Waals surface area contributed by atoms with Crippen molar-refractivity contribution in [1.82, 2.24) is 14.7 Å². The molecule has 2 aromatic rings. The van der Waals surface area contributed by atoms with Crippen molar-refractivity contribution in [3.8, 4) is 5.88 Å². The van der Waals surface area contributed by atoms with E-state index in [9.17, 15) is 5.11 Å². The maximum Gasteiger partial charge on any atom is 0.197 e. The van der Waals surface area contributed by atoms with Crippen LogP contribution >= 0.6 is 11.6 Å². The molecular weight excluding hydrogens is 226 g/mol. The zero-order valence-corrected chi connectivity index (χ0v) is 9.41. The summed E-state index contributed by atoms with van der Waals surface area (Å²) in [6, 6.07) is 5.45. The van der Waals surface area contributed by atoms with Crippen LogP contribution in [0.4, 0.5) is 0 Å². The molecule has 1 unspecified atom stereocenters. The first kappa shape index (κ1) is 9.93. The highest BCUT2D eigenvalue weighted by Crippen LogP contribution is 2.29. The van der Waals surface area contributed by atoms with E-state index in [4.69, 9.17) is 11.6 Å². The highest BCUT2D eigenvalue weighted by Gasteiger charge is 2.23. The molecule has 0 radical (unpaired) electrons. The lowest BCUT2D eigenvalue weighted by atomic mass is 10.2. The average Bonchev–Trinajstić information content (AvgIpc) is 2.87. The van der Waals surface area contributed by atoms with Gasteiger partial charge < -0.3 is 10.4 Å². The second-order valence-corrected chi connectivity index (χ2v) is 4.37. The Bertz CT molecular complexity index is 531. The van der Waals surface area contributed by atoms with Gasteiger partial charge in [0.15, 0.2) is 11.0 Å². The molecule has 16 heavy (non-hydrogen) atoms. The fourth-order valence-electron chi connectivity index (χ4n) is 2.25. The Hall–Kier alpha value is -1.26. The normalized spacial score (nSPS) is 20.7. The molecule has 1 atom stereocenters. The van der Waals surface area contributed by atoms with Gasteiger partial charge >= 0.3 is 0 Å². The molecule has 0 aliphatic carbocycles. The smallest absolute Gasteiger partial charge is 0.197 e. The molecule has 0 bridgehead atoms. The summed E-state index contributed by atoms with van der Waals surface area (Å²) < 4.78 is 1.71. The third kappa shape index (κ3) is 1.37. The van der Waals surface area contributed by atoms with Crippen molar-refractivity contribution in [3.05, 3.63) is 29.2 Å². The predicted octanol–water partition coefficient (Wildman–Crippen LogP) is 2.12. The summed E-state index contributed by atoms with van der Waals surface area (Å²) in [7, 11) is 0. The molecule has 0 saturated carbocycles. The molecule has 5 heteroatoms. The van der Waals surface area contributed by atoms with E-state index in [-0.39, 0.29) is 11.9 Å². The molecule has 1 aliphatic heterocycles. The minimum atomic E-state index is 0.181.